The minimum atomic E-state index is 0.543. The van der Waals surface area contributed by atoms with Gasteiger partial charge in [0.25, 0.3) is 0 Å². The fraction of sp³-hybridized carbons (Fsp3) is 0.545. The van der Waals surface area contributed by atoms with Gasteiger partial charge in [0.1, 0.15) is 0 Å². The monoisotopic (exact) mass is 208 g/mol. The Kier molecular flexibility index (Phi) is 5.52. The third-order valence-corrected chi connectivity index (χ3v) is 2.14. The third kappa shape index (κ3) is 4.63. The molecule has 0 bridgehead atoms. The largest absolute Gasteiger partial charge is 0.472 e. The number of methoxy groups -OCH3 is 1. The smallest absolute Gasteiger partial charge is 0.0947 e. The molecule has 0 saturated carbocycles. The number of nitrogens with zero attached hydrogens (tertiary/aromatic N) is 2. The summed E-state index contributed by atoms with van der Waals surface area (Å²) in [5.74, 6) is 0. The van der Waals surface area contributed by atoms with Crippen LogP contribution < -0.4 is 0 Å². The van der Waals surface area contributed by atoms with Crippen molar-refractivity contribution in [2.75, 3.05) is 26.8 Å². The first-order chi connectivity index (χ1) is 7.36. The lowest BCUT2D eigenvalue weighted by atomic mass is 10.3. The molecule has 4 nitrogen and oxygen atoms in total. The number of rotatable bonds is 7. The minimum Gasteiger partial charge on any atom is -0.472 e. The van der Waals surface area contributed by atoms with E-state index in [1.165, 1.54) is 0 Å². The molecule has 0 amide bonds. The van der Waals surface area contributed by atoms with E-state index in [1.54, 1.807) is 19.6 Å². The summed E-state index contributed by atoms with van der Waals surface area (Å²) >= 11 is 0. The quantitative estimate of drug-likeness (QED) is 0.683. The van der Waals surface area contributed by atoms with Gasteiger partial charge in [-0.1, -0.05) is 0 Å². The van der Waals surface area contributed by atoms with Crippen molar-refractivity contribution in [3.8, 4) is 6.07 Å². The number of hydrogen-bond acceptors (Lipinski definition) is 4. The van der Waals surface area contributed by atoms with Crippen molar-refractivity contribution in [2.45, 2.75) is 13.0 Å². The zero-order valence-corrected chi connectivity index (χ0v) is 8.98. The van der Waals surface area contributed by atoms with Crippen molar-refractivity contribution >= 4 is 0 Å². The summed E-state index contributed by atoms with van der Waals surface area (Å²) in [6, 6.07) is 4.08. The predicted octanol–water partition coefficient (Wildman–Crippen LogP) is 1.64. The van der Waals surface area contributed by atoms with E-state index in [2.05, 4.69) is 11.0 Å². The van der Waals surface area contributed by atoms with Gasteiger partial charge >= 0.3 is 0 Å². The second kappa shape index (κ2) is 7.04. The predicted molar refractivity (Wildman–Crippen MR) is 56.1 cm³/mol. The van der Waals surface area contributed by atoms with Gasteiger partial charge in [0.05, 0.1) is 25.2 Å². The standard InChI is InChI=1S/C11H16N2O2/c1-14-8-6-13(5-2-4-12)9-11-3-7-15-10-11/h3,7,10H,2,5-6,8-9H2,1H3. The van der Waals surface area contributed by atoms with Crippen LogP contribution in [-0.2, 0) is 11.3 Å². The van der Waals surface area contributed by atoms with Crippen LogP contribution in [0.15, 0.2) is 23.0 Å². The summed E-state index contributed by atoms with van der Waals surface area (Å²) in [5, 5.41) is 8.54. The van der Waals surface area contributed by atoms with Crippen molar-refractivity contribution in [3.63, 3.8) is 0 Å². The first-order valence-corrected chi connectivity index (χ1v) is 4.96. The van der Waals surface area contributed by atoms with Crippen LogP contribution in [0.2, 0.25) is 0 Å². The van der Waals surface area contributed by atoms with E-state index in [4.69, 9.17) is 14.4 Å². The maximum atomic E-state index is 8.54. The van der Waals surface area contributed by atoms with Gasteiger partial charge in [0, 0.05) is 38.7 Å². The Bertz CT molecular complexity index is 290. The molecule has 0 atom stereocenters. The molecular weight excluding hydrogens is 192 g/mol. The van der Waals surface area contributed by atoms with Crippen LogP contribution in [0.25, 0.3) is 0 Å². The lowest BCUT2D eigenvalue weighted by molar-refractivity contribution is 0.145. The molecule has 15 heavy (non-hydrogen) atoms. The molecule has 0 N–H and O–H groups in total. The molecule has 4 heteroatoms. The van der Waals surface area contributed by atoms with E-state index in [0.29, 0.717) is 13.0 Å². The second-order valence-corrected chi connectivity index (χ2v) is 3.31. The Labute approximate surface area is 90.0 Å². The number of nitriles is 1. The number of furan rings is 1. The van der Waals surface area contributed by atoms with E-state index in [9.17, 15) is 0 Å². The summed E-state index contributed by atoms with van der Waals surface area (Å²) in [7, 11) is 1.68. The van der Waals surface area contributed by atoms with Gasteiger partial charge in [-0.15, -0.1) is 0 Å². The van der Waals surface area contributed by atoms with Crippen LogP contribution in [0.5, 0.6) is 0 Å². The van der Waals surface area contributed by atoms with Crippen LogP contribution in [0.1, 0.15) is 12.0 Å². The van der Waals surface area contributed by atoms with Gasteiger partial charge in [-0.25, -0.2) is 0 Å². The highest BCUT2D eigenvalue weighted by Crippen LogP contribution is 2.05. The lowest BCUT2D eigenvalue weighted by Crippen LogP contribution is -2.27. The summed E-state index contributed by atoms with van der Waals surface area (Å²) in [6.07, 6.45) is 3.93. The summed E-state index contributed by atoms with van der Waals surface area (Å²) < 4.78 is 10.0. The van der Waals surface area contributed by atoms with Crippen LogP contribution in [0.3, 0.4) is 0 Å². The van der Waals surface area contributed by atoms with E-state index in [0.717, 1.165) is 25.2 Å². The molecule has 1 rings (SSSR count). The Morgan fingerprint density at radius 2 is 2.40 bits per heavy atom. The van der Waals surface area contributed by atoms with Crippen molar-refractivity contribution in [3.05, 3.63) is 24.2 Å². The van der Waals surface area contributed by atoms with Gasteiger partial charge in [0.15, 0.2) is 0 Å². The van der Waals surface area contributed by atoms with E-state index in [-0.39, 0.29) is 0 Å². The highest BCUT2D eigenvalue weighted by Gasteiger charge is 2.05. The van der Waals surface area contributed by atoms with Crippen LogP contribution in [0, 0.1) is 11.3 Å². The van der Waals surface area contributed by atoms with Crippen molar-refractivity contribution < 1.29 is 9.15 Å². The third-order valence-electron chi connectivity index (χ3n) is 2.14. The molecule has 0 aliphatic carbocycles. The first kappa shape index (κ1) is 11.8. The first-order valence-electron chi connectivity index (χ1n) is 4.96. The molecule has 0 saturated heterocycles. The summed E-state index contributed by atoms with van der Waals surface area (Å²) in [5.41, 5.74) is 1.13. The maximum absolute atomic E-state index is 8.54. The second-order valence-electron chi connectivity index (χ2n) is 3.31. The van der Waals surface area contributed by atoms with Crippen molar-refractivity contribution in [2.24, 2.45) is 0 Å². The van der Waals surface area contributed by atoms with E-state index >= 15 is 0 Å². The zero-order chi connectivity index (χ0) is 10.9. The molecule has 0 unspecified atom stereocenters. The molecule has 0 aliphatic heterocycles. The SMILES string of the molecule is COCCN(CCC#N)Cc1ccoc1. The maximum Gasteiger partial charge on any atom is 0.0947 e. The zero-order valence-electron chi connectivity index (χ0n) is 8.98. The average molecular weight is 208 g/mol. The van der Waals surface area contributed by atoms with Crippen LogP contribution >= 0.6 is 0 Å². The van der Waals surface area contributed by atoms with E-state index < -0.39 is 0 Å². The molecule has 1 aromatic heterocycles. The Morgan fingerprint density at radius 3 is 3.00 bits per heavy atom. The molecular formula is C11H16N2O2. The highest BCUT2D eigenvalue weighted by molar-refractivity contribution is 5.04. The average Bonchev–Trinajstić information content (AvgIpc) is 2.74. The summed E-state index contributed by atoms with van der Waals surface area (Å²) in [6.45, 7) is 3.10. The number of hydrogen-bond donors (Lipinski definition) is 0. The Hall–Kier alpha value is -1.31. The molecule has 0 aliphatic rings. The van der Waals surface area contributed by atoms with Gasteiger partial charge < -0.3 is 9.15 Å². The Balaban J connectivity index is 2.38. The highest BCUT2D eigenvalue weighted by atomic mass is 16.5. The molecule has 1 aromatic rings. The van der Waals surface area contributed by atoms with Crippen LogP contribution in [0.4, 0.5) is 0 Å². The minimum absolute atomic E-state index is 0.543. The fourth-order valence-corrected chi connectivity index (χ4v) is 1.34. The molecule has 1 heterocycles. The molecule has 0 fully saturated rings. The molecule has 0 radical (unpaired) electrons. The molecule has 0 spiro atoms. The van der Waals surface area contributed by atoms with Crippen molar-refractivity contribution in [1.82, 2.24) is 4.90 Å². The molecule has 82 valence electrons. The van der Waals surface area contributed by atoms with Gasteiger partial charge in [-0.2, -0.15) is 5.26 Å². The fourth-order valence-electron chi connectivity index (χ4n) is 1.34. The van der Waals surface area contributed by atoms with Gasteiger partial charge in [0.2, 0.25) is 0 Å². The number of ether oxygens (including phenoxy) is 1. The molecule has 0 aromatic carbocycles. The Morgan fingerprint density at radius 1 is 1.53 bits per heavy atom. The topological polar surface area (TPSA) is 49.4 Å². The van der Waals surface area contributed by atoms with Crippen LogP contribution in [-0.4, -0.2) is 31.7 Å². The lowest BCUT2D eigenvalue weighted by Gasteiger charge is -2.19. The normalized spacial score (nSPS) is 10.5. The van der Waals surface area contributed by atoms with Gasteiger partial charge in [-0.05, 0) is 6.07 Å². The van der Waals surface area contributed by atoms with E-state index in [1.807, 2.05) is 6.07 Å². The van der Waals surface area contributed by atoms with Crippen molar-refractivity contribution in [1.29, 1.82) is 5.26 Å². The van der Waals surface area contributed by atoms with Gasteiger partial charge in [-0.3, -0.25) is 4.90 Å². The summed E-state index contributed by atoms with van der Waals surface area (Å²) in [4.78, 5) is 2.18.